The van der Waals surface area contributed by atoms with E-state index in [0.717, 1.165) is 37.5 Å². The van der Waals surface area contributed by atoms with Gasteiger partial charge in [-0.3, -0.25) is 0 Å². The van der Waals surface area contributed by atoms with Crippen LogP contribution in [0.15, 0.2) is 24.3 Å². The first kappa shape index (κ1) is 14.8. The number of hydrogen-bond donors (Lipinski definition) is 2. The summed E-state index contributed by atoms with van der Waals surface area (Å²) in [6.07, 6.45) is 2.19. The third-order valence-electron chi connectivity index (χ3n) is 3.96. The zero-order valence-electron chi connectivity index (χ0n) is 11.5. The van der Waals surface area contributed by atoms with Crippen molar-refractivity contribution in [1.82, 2.24) is 10.2 Å². The molecule has 1 heterocycles. The summed E-state index contributed by atoms with van der Waals surface area (Å²) in [5, 5.41) is 13.3. The van der Waals surface area contributed by atoms with Crippen LogP contribution in [0.5, 0.6) is 0 Å². The first-order chi connectivity index (χ1) is 9.22. The number of aliphatic hydroxyl groups excluding tert-OH is 1. The Bertz CT molecular complexity index is 399. The quantitative estimate of drug-likeness (QED) is 0.840. The van der Waals surface area contributed by atoms with E-state index < -0.39 is 0 Å². The highest BCUT2D eigenvalue weighted by Crippen LogP contribution is 2.22. The Balaban J connectivity index is 1.86. The SMILES string of the molecule is CNC(CCN1CCC(CO)C1)c1cccc(Cl)c1. The Morgan fingerprint density at radius 1 is 1.53 bits per heavy atom. The first-order valence-electron chi connectivity index (χ1n) is 6.99. The molecule has 19 heavy (non-hydrogen) atoms. The molecule has 1 aromatic rings. The second kappa shape index (κ2) is 7.25. The number of likely N-dealkylation sites (tertiary alicyclic amines) is 1. The fraction of sp³-hybridized carbons (Fsp3) is 0.600. The zero-order valence-corrected chi connectivity index (χ0v) is 12.2. The Labute approximate surface area is 120 Å². The molecule has 1 fully saturated rings. The van der Waals surface area contributed by atoms with Crippen molar-refractivity contribution in [2.75, 3.05) is 33.3 Å². The maximum atomic E-state index is 9.16. The summed E-state index contributed by atoms with van der Waals surface area (Å²) in [6, 6.07) is 8.40. The van der Waals surface area contributed by atoms with Gasteiger partial charge in [-0.05, 0) is 56.6 Å². The molecule has 0 saturated carbocycles. The van der Waals surface area contributed by atoms with Crippen molar-refractivity contribution >= 4 is 11.6 Å². The third-order valence-corrected chi connectivity index (χ3v) is 4.20. The van der Waals surface area contributed by atoms with Gasteiger partial charge in [0.05, 0.1) is 0 Å². The van der Waals surface area contributed by atoms with Gasteiger partial charge in [-0.2, -0.15) is 0 Å². The molecular weight excluding hydrogens is 260 g/mol. The maximum absolute atomic E-state index is 9.16. The van der Waals surface area contributed by atoms with Crippen LogP contribution in [-0.2, 0) is 0 Å². The number of benzene rings is 1. The van der Waals surface area contributed by atoms with Gasteiger partial charge in [0.1, 0.15) is 0 Å². The standard InChI is InChI=1S/C15H23ClN2O/c1-17-15(13-3-2-4-14(16)9-13)6-8-18-7-5-12(10-18)11-19/h2-4,9,12,15,17,19H,5-8,10-11H2,1H3. The van der Waals surface area contributed by atoms with Crippen LogP contribution in [0, 0.1) is 5.92 Å². The van der Waals surface area contributed by atoms with Crippen LogP contribution in [-0.4, -0.2) is 43.3 Å². The van der Waals surface area contributed by atoms with Gasteiger partial charge >= 0.3 is 0 Å². The molecule has 2 rings (SSSR count). The second-order valence-electron chi connectivity index (χ2n) is 5.32. The molecule has 106 valence electrons. The number of aliphatic hydroxyl groups is 1. The molecule has 0 radical (unpaired) electrons. The fourth-order valence-electron chi connectivity index (χ4n) is 2.78. The summed E-state index contributed by atoms with van der Waals surface area (Å²) in [6.45, 7) is 3.52. The smallest absolute Gasteiger partial charge is 0.0471 e. The fourth-order valence-corrected chi connectivity index (χ4v) is 2.98. The van der Waals surface area contributed by atoms with Crippen molar-refractivity contribution in [3.05, 3.63) is 34.9 Å². The van der Waals surface area contributed by atoms with Crippen LogP contribution < -0.4 is 5.32 Å². The van der Waals surface area contributed by atoms with Gasteiger partial charge in [-0.1, -0.05) is 23.7 Å². The van der Waals surface area contributed by atoms with Crippen LogP contribution in [0.25, 0.3) is 0 Å². The molecule has 0 spiro atoms. The molecule has 4 heteroatoms. The molecule has 2 atom stereocenters. The predicted octanol–water partition coefficient (Wildman–Crippen LogP) is 2.30. The van der Waals surface area contributed by atoms with E-state index in [4.69, 9.17) is 16.7 Å². The molecule has 0 aromatic heterocycles. The van der Waals surface area contributed by atoms with E-state index in [1.807, 2.05) is 25.2 Å². The van der Waals surface area contributed by atoms with Crippen LogP contribution in [0.3, 0.4) is 0 Å². The minimum atomic E-state index is 0.320. The molecule has 1 aromatic carbocycles. The molecule has 3 nitrogen and oxygen atoms in total. The molecule has 1 saturated heterocycles. The zero-order chi connectivity index (χ0) is 13.7. The largest absolute Gasteiger partial charge is 0.396 e. The van der Waals surface area contributed by atoms with E-state index in [1.165, 1.54) is 5.56 Å². The predicted molar refractivity (Wildman–Crippen MR) is 79.5 cm³/mol. The Morgan fingerprint density at radius 3 is 3.00 bits per heavy atom. The Morgan fingerprint density at radius 2 is 2.37 bits per heavy atom. The van der Waals surface area contributed by atoms with E-state index in [2.05, 4.69) is 16.3 Å². The van der Waals surface area contributed by atoms with E-state index in [9.17, 15) is 0 Å². The minimum absolute atomic E-state index is 0.320. The minimum Gasteiger partial charge on any atom is -0.396 e. The summed E-state index contributed by atoms with van der Waals surface area (Å²) in [4.78, 5) is 2.44. The van der Waals surface area contributed by atoms with E-state index in [-0.39, 0.29) is 0 Å². The lowest BCUT2D eigenvalue weighted by atomic mass is 10.0. The number of halogens is 1. The van der Waals surface area contributed by atoms with Crippen LogP contribution in [0.4, 0.5) is 0 Å². The molecule has 2 N–H and O–H groups in total. The van der Waals surface area contributed by atoms with E-state index >= 15 is 0 Å². The van der Waals surface area contributed by atoms with Gasteiger partial charge in [0.2, 0.25) is 0 Å². The van der Waals surface area contributed by atoms with Gasteiger partial charge in [0.25, 0.3) is 0 Å². The van der Waals surface area contributed by atoms with Crippen molar-refractivity contribution in [2.45, 2.75) is 18.9 Å². The summed E-state index contributed by atoms with van der Waals surface area (Å²) in [5.74, 6) is 0.471. The third kappa shape index (κ3) is 4.18. The molecule has 1 aliphatic heterocycles. The maximum Gasteiger partial charge on any atom is 0.0471 e. The van der Waals surface area contributed by atoms with Crippen LogP contribution in [0.2, 0.25) is 5.02 Å². The van der Waals surface area contributed by atoms with Gasteiger partial charge < -0.3 is 15.3 Å². The molecule has 1 aliphatic rings. The van der Waals surface area contributed by atoms with Crippen molar-refractivity contribution in [1.29, 1.82) is 0 Å². The van der Waals surface area contributed by atoms with Crippen molar-refractivity contribution in [3.8, 4) is 0 Å². The van der Waals surface area contributed by atoms with Gasteiger partial charge in [-0.15, -0.1) is 0 Å². The lowest BCUT2D eigenvalue weighted by molar-refractivity contribution is 0.219. The molecule has 0 aliphatic carbocycles. The Hall–Kier alpha value is -0.610. The molecule has 0 amide bonds. The van der Waals surface area contributed by atoms with Gasteiger partial charge in [0, 0.05) is 24.2 Å². The lowest BCUT2D eigenvalue weighted by Crippen LogP contribution is -2.27. The normalized spacial score (nSPS) is 21.7. The highest BCUT2D eigenvalue weighted by molar-refractivity contribution is 6.30. The van der Waals surface area contributed by atoms with Gasteiger partial charge in [0.15, 0.2) is 0 Å². The summed E-state index contributed by atoms with van der Waals surface area (Å²) in [7, 11) is 1.99. The lowest BCUT2D eigenvalue weighted by Gasteiger charge is -2.21. The number of hydrogen-bond acceptors (Lipinski definition) is 3. The average Bonchev–Trinajstić information content (AvgIpc) is 2.87. The van der Waals surface area contributed by atoms with Crippen LogP contribution in [0.1, 0.15) is 24.4 Å². The summed E-state index contributed by atoms with van der Waals surface area (Å²) >= 11 is 6.05. The van der Waals surface area contributed by atoms with Crippen molar-refractivity contribution in [2.24, 2.45) is 5.92 Å². The van der Waals surface area contributed by atoms with E-state index in [0.29, 0.717) is 18.6 Å². The number of nitrogens with one attached hydrogen (secondary N) is 1. The molecular formula is C15H23ClN2O. The highest BCUT2D eigenvalue weighted by Gasteiger charge is 2.22. The highest BCUT2D eigenvalue weighted by atomic mass is 35.5. The van der Waals surface area contributed by atoms with Crippen molar-refractivity contribution in [3.63, 3.8) is 0 Å². The topological polar surface area (TPSA) is 35.5 Å². The molecule has 2 unspecified atom stereocenters. The van der Waals surface area contributed by atoms with E-state index in [1.54, 1.807) is 0 Å². The second-order valence-corrected chi connectivity index (χ2v) is 5.76. The Kier molecular flexibility index (Phi) is 5.64. The van der Waals surface area contributed by atoms with Crippen molar-refractivity contribution < 1.29 is 5.11 Å². The summed E-state index contributed by atoms with van der Waals surface area (Å²) < 4.78 is 0. The number of nitrogens with zero attached hydrogens (tertiary/aromatic N) is 1. The van der Waals surface area contributed by atoms with Crippen LogP contribution >= 0.6 is 11.6 Å². The van der Waals surface area contributed by atoms with Gasteiger partial charge in [-0.25, -0.2) is 0 Å². The number of rotatable bonds is 6. The first-order valence-corrected chi connectivity index (χ1v) is 7.36. The summed E-state index contributed by atoms with van der Waals surface area (Å²) in [5.41, 5.74) is 1.24. The molecule has 0 bridgehead atoms. The monoisotopic (exact) mass is 282 g/mol. The average molecular weight is 283 g/mol.